The summed E-state index contributed by atoms with van der Waals surface area (Å²) in [5.41, 5.74) is 0.648. The summed E-state index contributed by atoms with van der Waals surface area (Å²) in [5, 5.41) is 14.4. The number of non-ortho nitro benzene ring substituents is 1. The second-order valence-corrected chi connectivity index (χ2v) is 6.60. The number of halogens is 1. The van der Waals surface area contributed by atoms with Crippen molar-refractivity contribution in [3.05, 3.63) is 67.9 Å². The number of carbonyl (C=O) groups excluding carboxylic acids is 1. The van der Waals surface area contributed by atoms with Crippen molar-refractivity contribution < 1.29 is 14.1 Å². The standard InChI is InChI=1S/C16H12ClN3O4S/c1-9-14(25-16(19-9)13-3-2-6-24-13)8-18-15(21)11-7-10(20(22)23)4-5-12(11)17/h2-7H,8H2,1H3,(H,18,21). The van der Waals surface area contributed by atoms with Crippen molar-refractivity contribution in [2.24, 2.45) is 0 Å². The lowest BCUT2D eigenvalue weighted by Crippen LogP contribution is -2.23. The molecule has 0 aliphatic rings. The van der Waals surface area contributed by atoms with Crippen molar-refractivity contribution in [2.45, 2.75) is 13.5 Å². The molecule has 0 fully saturated rings. The van der Waals surface area contributed by atoms with E-state index >= 15 is 0 Å². The molecule has 0 aliphatic carbocycles. The largest absolute Gasteiger partial charge is 0.462 e. The van der Waals surface area contributed by atoms with Crippen LogP contribution in [0.5, 0.6) is 0 Å². The van der Waals surface area contributed by atoms with Gasteiger partial charge in [0, 0.05) is 17.0 Å². The molecule has 25 heavy (non-hydrogen) atoms. The third-order valence-electron chi connectivity index (χ3n) is 3.44. The summed E-state index contributed by atoms with van der Waals surface area (Å²) in [4.78, 5) is 27.9. The Labute approximate surface area is 151 Å². The van der Waals surface area contributed by atoms with E-state index in [2.05, 4.69) is 10.3 Å². The molecule has 3 rings (SSSR count). The summed E-state index contributed by atoms with van der Waals surface area (Å²) >= 11 is 7.38. The minimum absolute atomic E-state index is 0.0595. The number of amides is 1. The van der Waals surface area contributed by atoms with E-state index in [9.17, 15) is 14.9 Å². The highest BCUT2D eigenvalue weighted by Gasteiger charge is 2.17. The molecule has 0 unspecified atom stereocenters. The molecule has 0 spiro atoms. The maximum absolute atomic E-state index is 12.3. The minimum Gasteiger partial charge on any atom is -0.462 e. The van der Waals surface area contributed by atoms with Crippen molar-refractivity contribution in [1.29, 1.82) is 0 Å². The summed E-state index contributed by atoms with van der Waals surface area (Å²) in [6.45, 7) is 2.08. The molecule has 128 valence electrons. The molecular formula is C16H12ClN3O4S. The molecular weight excluding hydrogens is 366 g/mol. The highest BCUT2D eigenvalue weighted by molar-refractivity contribution is 7.15. The molecule has 1 N–H and O–H groups in total. The van der Waals surface area contributed by atoms with Gasteiger partial charge in [0.1, 0.15) is 0 Å². The van der Waals surface area contributed by atoms with E-state index < -0.39 is 10.8 Å². The van der Waals surface area contributed by atoms with Crippen LogP contribution in [0.4, 0.5) is 5.69 Å². The lowest BCUT2D eigenvalue weighted by Gasteiger charge is -2.06. The average Bonchev–Trinajstić information content (AvgIpc) is 3.22. The van der Waals surface area contributed by atoms with Crippen molar-refractivity contribution in [1.82, 2.24) is 10.3 Å². The molecule has 9 heteroatoms. The quantitative estimate of drug-likeness (QED) is 0.530. The van der Waals surface area contributed by atoms with Crippen LogP contribution in [0.1, 0.15) is 20.9 Å². The van der Waals surface area contributed by atoms with Crippen LogP contribution in [0.15, 0.2) is 41.0 Å². The van der Waals surface area contributed by atoms with Crippen molar-refractivity contribution >= 4 is 34.5 Å². The zero-order valence-electron chi connectivity index (χ0n) is 13.0. The first-order chi connectivity index (χ1) is 12.0. The predicted molar refractivity (Wildman–Crippen MR) is 93.8 cm³/mol. The summed E-state index contributed by atoms with van der Waals surface area (Å²) in [5.74, 6) is 0.174. The van der Waals surface area contributed by atoms with Crippen LogP contribution < -0.4 is 5.32 Å². The third-order valence-corrected chi connectivity index (χ3v) is 4.94. The first-order valence-corrected chi connectivity index (χ1v) is 8.37. The number of nitrogens with zero attached hydrogens (tertiary/aromatic N) is 2. The Balaban J connectivity index is 1.75. The smallest absolute Gasteiger partial charge is 0.270 e. The highest BCUT2D eigenvalue weighted by Crippen LogP contribution is 2.28. The summed E-state index contributed by atoms with van der Waals surface area (Å²) < 4.78 is 5.31. The number of benzene rings is 1. The number of aryl methyl sites for hydroxylation is 1. The van der Waals surface area contributed by atoms with Gasteiger partial charge < -0.3 is 9.73 Å². The second kappa shape index (κ2) is 7.04. The van der Waals surface area contributed by atoms with Gasteiger partial charge in [-0.3, -0.25) is 14.9 Å². The van der Waals surface area contributed by atoms with Gasteiger partial charge in [0.15, 0.2) is 10.8 Å². The van der Waals surface area contributed by atoms with E-state index in [-0.39, 0.29) is 22.8 Å². The van der Waals surface area contributed by atoms with E-state index in [0.717, 1.165) is 21.6 Å². The lowest BCUT2D eigenvalue weighted by atomic mass is 10.2. The number of hydrogen-bond donors (Lipinski definition) is 1. The molecule has 0 radical (unpaired) electrons. The van der Waals surface area contributed by atoms with Gasteiger partial charge in [0.25, 0.3) is 11.6 Å². The number of aromatic nitrogens is 1. The zero-order valence-corrected chi connectivity index (χ0v) is 14.6. The third kappa shape index (κ3) is 3.70. The Morgan fingerprint density at radius 2 is 2.24 bits per heavy atom. The van der Waals surface area contributed by atoms with Crippen molar-refractivity contribution in [3.63, 3.8) is 0 Å². The molecule has 1 amide bonds. The van der Waals surface area contributed by atoms with Gasteiger partial charge in [-0.1, -0.05) is 11.6 Å². The van der Waals surface area contributed by atoms with Crippen molar-refractivity contribution in [2.75, 3.05) is 0 Å². The molecule has 3 aromatic rings. The monoisotopic (exact) mass is 377 g/mol. The number of carbonyl (C=O) groups is 1. The number of thiazole rings is 1. The van der Waals surface area contributed by atoms with Gasteiger partial charge in [-0.15, -0.1) is 11.3 Å². The fourth-order valence-corrected chi connectivity index (χ4v) is 3.33. The molecule has 0 aliphatic heterocycles. The Morgan fingerprint density at radius 1 is 1.44 bits per heavy atom. The van der Waals surface area contributed by atoms with Gasteiger partial charge in [-0.05, 0) is 25.1 Å². The molecule has 0 bridgehead atoms. The maximum atomic E-state index is 12.3. The maximum Gasteiger partial charge on any atom is 0.270 e. The number of nitro groups is 1. The van der Waals surface area contributed by atoms with Gasteiger partial charge in [-0.25, -0.2) is 4.98 Å². The normalized spacial score (nSPS) is 10.6. The van der Waals surface area contributed by atoms with E-state index in [1.54, 1.807) is 12.3 Å². The summed E-state index contributed by atoms with van der Waals surface area (Å²) in [6, 6.07) is 7.33. The highest BCUT2D eigenvalue weighted by atomic mass is 35.5. The number of nitrogens with one attached hydrogen (secondary N) is 1. The molecule has 1 aromatic carbocycles. The van der Waals surface area contributed by atoms with E-state index in [0.29, 0.717) is 5.76 Å². The van der Waals surface area contributed by atoms with Gasteiger partial charge in [0.2, 0.25) is 0 Å². The fourth-order valence-electron chi connectivity index (χ4n) is 2.15. The van der Waals surface area contributed by atoms with Crippen LogP contribution in [0.2, 0.25) is 5.02 Å². The van der Waals surface area contributed by atoms with Crippen LogP contribution in [-0.4, -0.2) is 15.8 Å². The predicted octanol–water partition coefficient (Wildman–Crippen LogP) is 4.20. The number of hydrogen-bond acceptors (Lipinski definition) is 6. The van der Waals surface area contributed by atoms with Crippen LogP contribution in [-0.2, 0) is 6.54 Å². The van der Waals surface area contributed by atoms with Crippen LogP contribution in [0.25, 0.3) is 10.8 Å². The van der Waals surface area contributed by atoms with E-state index in [1.807, 2.05) is 13.0 Å². The van der Waals surface area contributed by atoms with Gasteiger partial charge in [0.05, 0.1) is 34.0 Å². The Hall–Kier alpha value is -2.71. The number of nitro benzene ring substituents is 1. The molecule has 2 heterocycles. The summed E-state index contributed by atoms with van der Waals surface area (Å²) in [7, 11) is 0. The van der Waals surface area contributed by atoms with Gasteiger partial charge >= 0.3 is 0 Å². The topological polar surface area (TPSA) is 98.3 Å². The van der Waals surface area contributed by atoms with Gasteiger partial charge in [-0.2, -0.15) is 0 Å². The first kappa shape index (κ1) is 17.1. The Morgan fingerprint density at radius 3 is 2.92 bits per heavy atom. The molecule has 2 aromatic heterocycles. The summed E-state index contributed by atoms with van der Waals surface area (Å²) in [6.07, 6.45) is 1.57. The van der Waals surface area contributed by atoms with E-state index in [1.165, 1.54) is 23.5 Å². The second-order valence-electron chi connectivity index (χ2n) is 5.11. The Bertz CT molecular complexity index is 937. The number of rotatable bonds is 5. The first-order valence-electron chi connectivity index (χ1n) is 7.18. The lowest BCUT2D eigenvalue weighted by molar-refractivity contribution is -0.384. The van der Waals surface area contributed by atoms with Crippen LogP contribution in [0.3, 0.4) is 0 Å². The zero-order chi connectivity index (χ0) is 18.0. The SMILES string of the molecule is Cc1nc(-c2ccco2)sc1CNC(=O)c1cc([N+](=O)[O-])ccc1Cl. The van der Waals surface area contributed by atoms with Crippen LogP contribution >= 0.6 is 22.9 Å². The van der Waals surface area contributed by atoms with E-state index in [4.69, 9.17) is 16.0 Å². The molecule has 0 atom stereocenters. The van der Waals surface area contributed by atoms with Crippen LogP contribution in [0, 0.1) is 17.0 Å². The molecule has 0 saturated carbocycles. The average molecular weight is 378 g/mol. The fraction of sp³-hybridized carbons (Fsp3) is 0.125. The van der Waals surface area contributed by atoms with Crippen molar-refractivity contribution in [3.8, 4) is 10.8 Å². The number of furan rings is 1. The molecule has 7 nitrogen and oxygen atoms in total. The Kier molecular flexibility index (Phi) is 4.82. The minimum atomic E-state index is -0.573. The molecule has 0 saturated heterocycles.